The first-order chi connectivity index (χ1) is 10.3. The highest BCUT2D eigenvalue weighted by atomic mass is 16.5. The maximum atomic E-state index is 6.29. The zero-order chi connectivity index (χ0) is 13.9. The molecule has 5 aliphatic rings. The minimum absolute atomic E-state index is 0.302. The van der Waals surface area contributed by atoms with Crippen molar-refractivity contribution in [1.29, 1.82) is 0 Å². The molecule has 21 heavy (non-hydrogen) atoms. The second kappa shape index (κ2) is 4.57. The van der Waals surface area contributed by atoms with E-state index in [9.17, 15) is 0 Å². The summed E-state index contributed by atoms with van der Waals surface area (Å²) in [5, 5.41) is 3.84. The first kappa shape index (κ1) is 12.7. The number of ether oxygens (including phenoxy) is 1. The van der Waals surface area contributed by atoms with E-state index in [2.05, 4.69) is 35.6 Å². The topological polar surface area (TPSA) is 21.3 Å². The smallest absolute Gasteiger partial charge is 0.114 e. The van der Waals surface area contributed by atoms with Crippen molar-refractivity contribution < 1.29 is 4.74 Å². The predicted molar refractivity (Wildman–Crippen MR) is 82.7 cm³/mol. The Bertz CT molecular complexity index is 490. The second-order valence-electron chi connectivity index (χ2n) is 8.12. The molecule has 0 radical (unpaired) electrons. The molecule has 1 aromatic rings. The Morgan fingerprint density at radius 2 is 1.52 bits per heavy atom. The first-order valence-corrected chi connectivity index (χ1v) is 8.73. The fraction of sp³-hybridized carbons (Fsp3) is 0.684. The average Bonchev–Trinajstić information content (AvgIpc) is 2.97. The van der Waals surface area contributed by atoms with Crippen molar-refractivity contribution in [3.8, 4) is 0 Å². The summed E-state index contributed by atoms with van der Waals surface area (Å²) in [4.78, 5) is 0. The number of nitrogens with one attached hydrogen (secondary N) is 1. The van der Waals surface area contributed by atoms with Crippen LogP contribution in [-0.4, -0.2) is 12.8 Å². The lowest BCUT2D eigenvalue weighted by molar-refractivity contribution is -0.131. The van der Waals surface area contributed by atoms with Crippen LogP contribution in [0.25, 0.3) is 0 Å². The summed E-state index contributed by atoms with van der Waals surface area (Å²) in [6, 6.07) is 11.2. The van der Waals surface area contributed by atoms with Crippen LogP contribution in [0.2, 0.25) is 0 Å². The van der Waals surface area contributed by atoms with Crippen molar-refractivity contribution in [2.24, 2.45) is 23.2 Å². The van der Waals surface area contributed by atoms with Crippen LogP contribution in [-0.2, 0) is 4.74 Å². The highest BCUT2D eigenvalue weighted by Gasteiger charge is 2.56. The fourth-order valence-corrected chi connectivity index (χ4v) is 6.20. The molecule has 1 aliphatic heterocycles. The van der Waals surface area contributed by atoms with Gasteiger partial charge in [0.1, 0.15) is 6.23 Å². The lowest BCUT2D eigenvalue weighted by Crippen LogP contribution is -2.54. The van der Waals surface area contributed by atoms with Crippen molar-refractivity contribution in [2.45, 2.75) is 50.8 Å². The molecular weight excluding hydrogens is 258 g/mol. The summed E-state index contributed by atoms with van der Waals surface area (Å²) in [6.45, 7) is 0.844. The van der Waals surface area contributed by atoms with Gasteiger partial charge in [0, 0.05) is 5.41 Å². The summed E-state index contributed by atoms with van der Waals surface area (Å²) in [5.74, 6) is 2.99. The maximum absolute atomic E-state index is 6.29. The van der Waals surface area contributed by atoms with Gasteiger partial charge in [-0.2, -0.15) is 0 Å². The van der Waals surface area contributed by atoms with Gasteiger partial charge in [0.05, 0.1) is 12.6 Å². The SMILES string of the molecule is c1ccc([C@@H]2COC(C34CC5CC(CC(C5)C3)C4)N2)cc1. The molecule has 1 aromatic carbocycles. The number of hydrogen-bond acceptors (Lipinski definition) is 2. The van der Waals surface area contributed by atoms with E-state index in [0.29, 0.717) is 17.7 Å². The normalized spacial score (nSPS) is 47.9. The van der Waals surface area contributed by atoms with E-state index in [4.69, 9.17) is 4.74 Å². The summed E-state index contributed by atoms with van der Waals surface area (Å²) in [5.41, 5.74) is 1.84. The molecule has 2 atom stereocenters. The molecule has 0 amide bonds. The molecule has 2 nitrogen and oxygen atoms in total. The van der Waals surface area contributed by atoms with Gasteiger partial charge in [-0.15, -0.1) is 0 Å². The van der Waals surface area contributed by atoms with Crippen LogP contribution in [0.1, 0.15) is 50.1 Å². The van der Waals surface area contributed by atoms with Gasteiger partial charge < -0.3 is 4.74 Å². The molecule has 1 N–H and O–H groups in total. The lowest BCUT2D eigenvalue weighted by atomic mass is 9.49. The minimum atomic E-state index is 0.302. The van der Waals surface area contributed by atoms with E-state index in [1.54, 1.807) is 0 Å². The number of rotatable bonds is 2. The Labute approximate surface area is 127 Å². The molecule has 112 valence electrons. The van der Waals surface area contributed by atoms with E-state index in [1.165, 1.54) is 44.1 Å². The van der Waals surface area contributed by atoms with Crippen LogP contribution in [0, 0.1) is 23.2 Å². The molecule has 0 aromatic heterocycles. The summed E-state index contributed by atoms with van der Waals surface area (Å²) in [7, 11) is 0. The zero-order valence-electron chi connectivity index (χ0n) is 12.6. The molecule has 4 aliphatic carbocycles. The molecule has 4 saturated carbocycles. The first-order valence-electron chi connectivity index (χ1n) is 8.73. The molecule has 6 rings (SSSR count). The van der Waals surface area contributed by atoms with Crippen molar-refractivity contribution in [1.82, 2.24) is 5.32 Å². The third-order valence-electron chi connectivity index (χ3n) is 6.63. The van der Waals surface area contributed by atoms with Crippen molar-refractivity contribution in [3.05, 3.63) is 35.9 Å². The lowest BCUT2D eigenvalue weighted by Gasteiger charge is -2.58. The molecule has 1 unspecified atom stereocenters. The standard InChI is InChI=1S/C19H25NO/c1-2-4-16(5-3-1)17-12-21-18(20-17)19-9-13-6-14(10-19)8-15(7-13)11-19/h1-5,13-15,17-18,20H,6-12H2/t13?,14?,15?,17-,18?,19?/m0/s1. The van der Waals surface area contributed by atoms with E-state index in [-0.39, 0.29) is 0 Å². The van der Waals surface area contributed by atoms with E-state index >= 15 is 0 Å². The molecular formula is C19H25NO. The van der Waals surface area contributed by atoms with Gasteiger partial charge in [-0.3, -0.25) is 5.32 Å². The molecule has 5 fully saturated rings. The van der Waals surface area contributed by atoms with Crippen LogP contribution >= 0.6 is 0 Å². The van der Waals surface area contributed by atoms with Crippen molar-refractivity contribution in [3.63, 3.8) is 0 Å². The van der Waals surface area contributed by atoms with Crippen LogP contribution in [0.3, 0.4) is 0 Å². The monoisotopic (exact) mass is 283 g/mol. The molecule has 2 heteroatoms. The summed E-state index contributed by atoms with van der Waals surface area (Å²) >= 11 is 0. The largest absolute Gasteiger partial charge is 0.361 e. The fourth-order valence-electron chi connectivity index (χ4n) is 6.20. The quantitative estimate of drug-likeness (QED) is 0.889. The van der Waals surface area contributed by atoms with Crippen LogP contribution in [0.15, 0.2) is 30.3 Å². The Kier molecular flexibility index (Phi) is 2.75. The van der Waals surface area contributed by atoms with Gasteiger partial charge in [0.2, 0.25) is 0 Å². The van der Waals surface area contributed by atoms with Gasteiger partial charge in [0.25, 0.3) is 0 Å². The number of benzene rings is 1. The molecule has 0 spiro atoms. The third kappa shape index (κ3) is 1.99. The average molecular weight is 283 g/mol. The Hall–Kier alpha value is -0.860. The predicted octanol–water partition coefficient (Wildman–Crippen LogP) is 3.89. The van der Waals surface area contributed by atoms with Crippen LogP contribution in [0.4, 0.5) is 0 Å². The Morgan fingerprint density at radius 3 is 2.14 bits per heavy atom. The third-order valence-corrected chi connectivity index (χ3v) is 6.63. The summed E-state index contributed by atoms with van der Waals surface area (Å²) in [6.07, 6.45) is 9.07. The van der Waals surface area contributed by atoms with Gasteiger partial charge in [-0.1, -0.05) is 30.3 Å². The molecule has 1 saturated heterocycles. The van der Waals surface area contributed by atoms with E-state index in [0.717, 1.165) is 24.4 Å². The van der Waals surface area contributed by atoms with Gasteiger partial charge in [-0.05, 0) is 61.8 Å². The highest BCUT2D eigenvalue weighted by molar-refractivity contribution is 5.20. The van der Waals surface area contributed by atoms with Gasteiger partial charge in [0.15, 0.2) is 0 Å². The van der Waals surface area contributed by atoms with Crippen molar-refractivity contribution >= 4 is 0 Å². The minimum Gasteiger partial charge on any atom is -0.361 e. The highest BCUT2D eigenvalue weighted by Crippen LogP contribution is 2.62. The maximum Gasteiger partial charge on any atom is 0.114 e. The molecule has 4 bridgehead atoms. The van der Waals surface area contributed by atoms with Gasteiger partial charge in [-0.25, -0.2) is 0 Å². The van der Waals surface area contributed by atoms with Crippen molar-refractivity contribution in [2.75, 3.05) is 6.61 Å². The van der Waals surface area contributed by atoms with E-state index in [1.807, 2.05) is 0 Å². The summed E-state index contributed by atoms with van der Waals surface area (Å²) < 4.78 is 6.29. The Balaban J connectivity index is 1.37. The number of hydrogen-bond donors (Lipinski definition) is 1. The van der Waals surface area contributed by atoms with Crippen LogP contribution in [0.5, 0.6) is 0 Å². The van der Waals surface area contributed by atoms with Gasteiger partial charge >= 0.3 is 0 Å². The molecule has 1 heterocycles. The van der Waals surface area contributed by atoms with E-state index < -0.39 is 0 Å². The zero-order valence-corrected chi connectivity index (χ0v) is 12.6. The Morgan fingerprint density at radius 1 is 0.905 bits per heavy atom. The van der Waals surface area contributed by atoms with Crippen LogP contribution < -0.4 is 5.32 Å². The second-order valence-corrected chi connectivity index (χ2v) is 8.12.